The van der Waals surface area contributed by atoms with Gasteiger partial charge in [-0.3, -0.25) is 4.98 Å². The molecule has 1 rings (SSSR count). The molecule has 0 aromatic carbocycles. The number of hydrogen-bond acceptors (Lipinski definition) is 5. The molecule has 0 spiro atoms. The van der Waals surface area contributed by atoms with E-state index in [1.165, 1.54) is 0 Å². The van der Waals surface area contributed by atoms with Gasteiger partial charge in [0.05, 0.1) is 32.0 Å². The molecule has 114 valence electrons. The third kappa shape index (κ3) is 7.55. The van der Waals surface area contributed by atoms with Gasteiger partial charge in [-0.25, -0.2) is 0 Å². The van der Waals surface area contributed by atoms with E-state index in [-0.39, 0.29) is 12.1 Å². The maximum absolute atomic E-state index is 9.81. The van der Waals surface area contributed by atoms with Crippen molar-refractivity contribution in [1.82, 2.24) is 10.3 Å². The Kier molecular flexibility index (Phi) is 8.37. The third-order valence-corrected chi connectivity index (χ3v) is 2.85. The minimum absolute atomic E-state index is 0.178. The first-order chi connectivity index (χ1) is 9.59. The lowest BCUT2D eigenvalue weighted by atomic mass is 10.1. The number of aliphatic hydroxyl groups is 1. The first-order valence-electron chi connectivity index (χ1n) is 7.10. The summed E-state index contributed by atoms with van der Waals surface area (Å²) >= 11 is 0. The van der Waals surface area contributed by atoms with Gasteiger partial charge in [-0.2, -0.15) is 0 Å². The molecule has 1 heterocycles. The van der Waals surface area contributed by atoms with E-state index >= 15 is 0 Å². The minimum Gasteiger partial charge on any atom is -0.389 e. The lowest BCUT2D eigenvalue weighted by Gasteiger charge is -2.17. The van der Waals surface area contributed by atoms with Gasteiger partial charge >= 0.3 is 0 Å². The normalized spacial score (nSPS) is 14.4. The first kappa shape index (κ1) is 17.0. The molecule has 2 atom stereocenters. The predicted octanol–water partition coefficient (Wildman–Crippen LogP) is 1.53. The Balaban J connectivity index is 2.09. The molecule has 5 nitrogen and oxygen atoms in total. The zero-order chi connectivity index (χ0) is 14.8. The number of pyridine rings is 1. The Morgan fingerprint density at radius 2 is 1.90 bits per heavy atom. The molecule has 2 unspecified atom stereocenters. The van der Waals surface area contributed by atoms with E-state index in [1.54, 1.807) is 12.4 Å². The fraction of sp³-hybridized carbons (Fsp3) is 0.667. The smallest absolute Gasteiger partial charge is 0.0897 e. The van der Waals surface area contributed by atoms with Crippen LogP contribution in [0.25, 0.3) is 0 Å². The van der Waals surface area contributed by atoms with E-state index in [4.69, 9.17) is 9.47 Å². The van der Waals surface area contributed by atoms with Crippen LogP contribution in [-0.4, -0.2) is 48.7 Å². The molecule has 0 bridgehead atoms. The third-order valence-electron chi connectivity index (χ3n) is 2.85. The van der Waals surface area contributed by atoms with Gasteiger partial charge in [-0.05, 0) is 38.5 Å². The van der Waals surface area contributed by atoms with E-state index in [0.717, 1.165) is 5.56 Å². The van der Waals surface area contributed by atoms with Crippen LogP contribution in [0.2, 0.25) is 0 Å². The van der Waals surface area contributed by atoms with Gasteiger partial charge in [0.1, 0.15) is 0 Å². The summed E-state index contributed by atoms with van der Waals surface area (Å²) in [6.45, 7) is 7.91. The Morgan fingerprint density at radius 1 is 1.20 bits per heavy atom. The van der Waals surface area contributed by atoms with Gasteiger partial charge in [0, 0.05) is 25.0 Å². The summed E-state index contributed by atoms with van der Waals surface area (Å²) in [7, 11) is 0. The Labute approximate surface area is 121 Å². The van der Waals surface area contributed by atoms with Crippen LogP contribution in [0, 0.1) is 0 Å². The van der Waals surface area contributed by atoms with Gasteiger partial charge in [0.15, 0.2) is 0 Å². The van der Waals surface area contributed by atoms with Gasteiger partial charge in [-0.15, -0.1) is 0 Å². The molecule has 20 heavy (non-hydrogen) atoms. The van der Waals surface area contributed by atoms with Crippen molar-refractivity contribution in [2.45, 2.75) is 39.0 Å². The number of aromatic nitrogens is 1. The molecule has 5 heteroatoms. The summed E-state index contributed by atoms with van der Waals surface area (Å²) < 4.78 is 10.7. The van der Waals surface area contributed by atoms with Crippen molar-refractivity contribution in [3.63, 3.8) is 0 Å². The molecule has 0 saturated heterocycles. The van der Waals surface area contributed by atoms with E-state index in [9.17, 15) is 5.11 Å². The van der Waals surface area contributed by atoms with Crippen molar-refractivity contribution in [2.24, 2.45) is 0 Å². The molecule has 1 aromatic rings. The standard InChI is InChI=1S/C15H26N2O3/c1-12(2)20-9-8-19-11-15(18)10-17-13(3)14-4-6-16-7-5-14/h4-7,12-13,15,17-18H,8-11H2,1-3H3. The van der Waals surface area contributed by atoms with Gasteiger partial charge < -0.3 is 19.9 Å². The van der Waals surface area contributed by atoms with Gasteiger partial charge in [-0.1, -0.05) is 0 Å². The second-order valence-electron chi connectivity index (χ2n) is 5.06. The highest BCUT2D eigenvalue weighted by Crippen LogP contribution is 2.09. The van der Waals surface area contributed by atoms with E-state index in [0.29, 0.717) is 26.4 Å². The first-order valence-corrected chi connectivity index (χ1v) is 7.10. The van der Waals surface area contributed by atoms with Crippen molar-refractivity contribution >= 4 is 0 Å². The molecule has 1 aromatic heterocycles. The lowest BCUT2D eigenvalue weighted by molar-refractivity contribution is -0.0104. The number of nitrogens with zero attached hydrogens (tertiary/aromatic N) is 1. The van der Waals surface area contributed by atoms with Crippen molar-refractivity contribution in [3.8, 4) is 0 Å². The average molecular weight is 282 g/mol. The minimum atomic E-state index is -0.515. The SMILES string of the molecule is CC(C)OCCOCC(O)CNC(C)c1ccncc1. The Bertz CT molecular complexity index is 346. The van der Waals surface area contributed by atoms with Crippen molar-refractivity contribution in [1.29, 1.82) is 0 Å². The number of hydrogen-bond donors (Lipinski definition) is 2. The second kappa shape index (κ2) is 9.83. The van der Waals surface area contributed by atoms with E-state index in [1.807, 2.05) is 26.0 Å². The highest BCUT2D eigenvalue weighted by molar-refractivity contribution is 5.13. The summed E-state index contributed by atoms with van der Waals surface area (Å²) in [5.41, 5.74) is 1.15. The summed E-state index contributed by atoms with van der Waals surface area (Å²) in [5, 5.41) is 13.1. The van der Waals surface area contributed by atoms with E-state index in [2.05, 4.69) is 17.2 Å². The molecule has 0 radical (unpaired) electrons. The molecule has 0 fully saturated rings. The zero-order valence-corrected chi connectivity index (χ0v) is 12.6. The lowest BCUT2D eigenvalue weighted by Crippen LogP contribution is -2.32. The quantitative estimate of drug-likeness (QED) is 0.637. The van der Waals surface area contributed by atoms with Crippen LogP contribution in [0.15, 0.2) is 24.5 Å². The molecule has 0 saturated carbocycles. The molecule has 0 aliphatic heterocycles. The molecule has 0 aliphatic carbocycles. The van der Waals surface area contributed by atoms with Crippen LogP contribution in [0.3, 0.4) is 0 Å². The summed E-state index contributed by atoms with van der Waals surface area (Å²) in [5.74, 6) is 0. The Hall–Kier alpha value is -1.01. The highest BCUT2D eigenvalue weighted by atomic mass is 16.5. The number of aliphatic hydroxyl groups excluding tert-OH is 1. The van der Waals surface area contributed by atoms with Crippen LogP contribution in [0.5, 0.6) is 0 Å². The van der Waals surface area contributed by atoms with Crippen molar-refractivity contribution < 1.29 is 14.6 Å². The Morgan fingerprint density at radius 3 is 2.55 bits per heavy atom. The highest BCUT2D eigenvalue weighted by Gasteiger charge is 2.08. The molecule has 0 amide bonds. The van der Waals surface area contributed by atoms with Crippen LogP contribution in [0.4, 0.5) is 0 Å². The fourth-order valence-electron chi connectivity index (χ4n) is 1.70. The maximum atomic E-state index is 9.81. The second-order valence-corrected chi connectivity index (χ2v) is 5.06. The van der Waals surface area contributed by atoms with Crippen molar-refractivity contribution in [3.05, 3.63) is 30.1 Å². The zero-order valence-electron chi connectivity index (χ0n) is 12.6. The van der Waals surface area contributed by atoms with E-state index < -0.39 is 6.10 Å². The van der Waals surface area contributed by atoms with Crippen LogP contribution in [-0.2, 0) is 9.47 Å². The summed E-state index contributed by atoms with van der Waals surface area (Å²) in [6.07, 6.45) is 3.23. The molecular weight excluding hydrogens is 256 g/mol. The predicted molar refractivity (Wildman–Crippen MR) is 78.6 cm³/mol. The average Bonchev–Trinajstić information content (AvgIpc) is 2.45. The molecule has 0 aliphatic rings. The number of ether oxygens (including phenoxy) is 2. The number of nitrogens with one attached hydrogen (secondary N) is 1. The fourth-order valence-corrected chi connectivity index (χ4v) is 1.70. The van der Waals surface area contributed by atoms with Crippen molar-refractivity contribution in [2.75, 3.05) is 26.4 Å². The monoisotopic (exact) mass is 282 g/mol. The summed E-state index contributed by atoms with van der Waals surface area (Å²) in [4.78, 5) is 3.98. The topological polar surface area (TPSA) is 63.6 Å². The van der Waals surface area contributed by atoms with Crippen LogP contribution in [0.1, 0.15) is 32.4 Å². The summed E-state index contributed by atoms with van der Waals surface area (Å²) in [6, 6.07) is 4.10. The largest absolute Gasteiger partial charge is 0.389 e. The van der Waals surface area contributed by atoms with Crippen LogP contribution >= 0.6 is 0 Å². The van der Waals surface area contributed by atoms with Crippen LogP contribution < -0.4 is 5.32 Å². The molecule has 2 N–H and O–H groups in total. The number of rotatable bonds is 10. The maximum Gasteiger partial charge on any atom is 0.0897 e. The van der Waals surface area contributed by atoms with Gasteiger partial charge in [0.2, 0.25) is 0 Å². The van der Waals surface area contributed by atoms with Gasteiger partial charge in [0.25, 0.3) is 0 Å². The molecular formula is C15H26N2O3.